The number of aliphatic hydroxyl groups is 1. The van der Waals surface area contributed by atoms with Crippen molar-refractivity contribution in [3.8, 4) is 0 Å². The number of halogens is 2. The van der Waals surface area contributed by atoms with E-state index in [1.54, 1.807) is 0 Å². The number of likely N-dealkylation sites (N-methyl/N-ethyl adjacent to an activating group) is 1. The van der Waals surface area contributed by atoms with E-state index in [1.165, 1.54) is 6.07 Å². The Bertz CT molecular complexity index is 320. The fourth-order valence-electron chi connectivity index (χ4n) is 1.65. The minimum atomic E-state index is -1.12. The van der Waals surface area contributed by atoms with Crippen LogP contribution in [0.3, 0.4) is 0 Å². The first-order chi connectivity index (χ1) is 7.60. The first-order valence-corrected chi connectivity index (χ1v) is 5.44. The van der Waals surface area contributed by atoms with Gasteiger partial charge in [-0.05, 0) is 25.2 Å². The van der Waals surface area contributed by atoms with Crippen LogP contribution in [0.25, 0.3) is 0 Å². The summed E-state index contributed by atoms with van der Waals surface area (Å²) >= 11 is 0. The predicted octanol–water partition coefficient (Wildman–Crippen LogP) is 2.34. The maximum Gasteiger partial charge on any atom is 0.131 e. The summed E-state index contributed by atoms with van der Waals surface area (Å²) < 4.78 is 26.7. The standard InChI is InChI=1S/C12H17F2NO/c1-3-15(4-2)8-11(16)12-9(13)6-5-7-10(12)14/h5-7,11,16H,3-4,8H2,1-2H3. The van der Waals surface area contributed by atoms with Gasteiger partial charge in [0.2, 0.25) is 0 Å². The van der Waals surface area contributed by atoms with E-state index in [0.29, 0.717) is 0 Å². The third kappa shape index (κ3) is 3.00. The smallest absolute Gasteiger partial charge is 0.131 e. The molecule has 90 valence electrons. The van der Waals surface area contributed by atoms with E-state index >= 15 is 0 Å². The lowest BCUT2D eigenvalue weighted by atomic mass is 10.1. The van der Waals surface area contributed by atoms with Gasteiger partial charge in [0.15, 0.2) is 0 Å². The Labute approximate surface area is 94.5 Å². The molecule has 0 radical (unpaired) electrons. The number of aliphatic hydroxyl groups excluding tert-OH is 1. The molecule has 0 heterocycles. The van der Waals surface area contributed by atoms with Crippen LogP contribution < -0.4 is 0 Å². The number of benzene rings is 1. The molecule has 1 rings (SSSR count). The summed E-state index contributed by atoms with van der Waals surface area (Å²) in [5, 5.41) is 9.79. The van der Waals surface area contributed by atoms with Gasteiger partial charge in [-0.15, -0.1) is 0 Å². The van der Waals surface area contributed by atoms with Crippen molar-refractivity contribution in [2.45, 2.75) is 20.0 Å². The van der Waals surface area contributed by atoms with Crippen molar-refractivity contribution in [1.29, 1.82) is 0 Å². The van der Waals surface area contributed by atoms with Crippen molar-refractivity contribution in [3.63, 3.8) is 0 Å². The van der Waals surface area contributed by atoms with E-state index in [1.807, 2.05) is 18.7 Å². The van der Waals surface area contributed by atoms with Gasteiger partial charge in [-0.3, -0.25) is 0 Å². The minimum absolute atomic E-state index is 0.241. The van der Waals surface area contributed by atoms with Gasteiger partial charge in [0, 0.05) is 6.54 Å². The highest BCUT2D eigenvalue weighted by Gasteiger charge is 2.19. The Morgan fingerprint density at radius 1 is 1.19 bits per heavy atom. The fraction of sp³-hybridized carbons (Fsp3) is 0.500. The third-order valence-electron chi connectivity index (χ3n) is 2.66. The van der Waals surface area contributed by atoms with Gasteiger partial charge in [0.05, 0.1) is 11.7 Å². The molecule has 0 saturated heterocycles. The second kappa shape index (κ2) is 5.92. The Balaban J connectivity index is 2.83. The van der Waals surface area contributed by atoms with Gasteiger partial charge in [0.1, 0.15) is 11.6 Å². The molecule has 1 atom stereocenters. The molecule has 4 heteroatoms. The number of rotatable bonds is 5. The predicted molar refractivity (Wildman–Crippen MR) is 59.1 cm³/mol. The summed E-state index contributed by atoms with van der Waals surface area (Å²) in [7, 11) is 0. The van der Waals surface area contributed by atoms with Gasteiger partial charge in [-0.2, -0.15) is 0 Å². The zero-order chi connectivity index (χ0) is 12.1. The second-order valence-electron chi connectivity index (χ2n) is 3.64. The SMILES string of the molecule is CCN(CC)CC(O)c1c(F)cccc1F. The van der Waals surface area contributed by atoms with Crippen LogP contribution in [0.5, 0.6) is 0 Å². The zero-order valence-corrected chi connectivity index (χ0v) is 9.58. The van der Waals surface area contributed by atoms with Crippen LogP contribution in [-0.2, 0) is 0 Å². The van der Waals surface area contributed by atoms with Crippen molar-refractivity contribution in [2.75, 3.05) is 19.6 Å². The van der Waals surface area contributed by atoms with Crippen LogP contribution in [0.4, 0.5) is 8.78 Å². The lowest BCUT2D eigenvalue weighted by Crippen LogP contribution is -2.29. The molecule has 16 heavy (non-hydrogen) atoms. The summed E-state index contributed by atoms with van der Waals surface area (Å²) in [6.07, 6.45) is -1.12. The molecule has 0 fully saturated rings. The summed E-state index contributed by atoms with van der Waals surface area (Å²) in [6, 6.07) is 3.60. The Morgan fingerprint density at radius 3 is 2.12 bits per heavy atom. The normalized spacial score (nSPS) is 13.1. The third-order valence-corrected chi connectivity index (χ3v) is 2.66. The molecule has 0 spiro atoms. The van der Waals surface area contributed by atoms with E-state index in [9.17, 15) is 13.9 Å². The topological polar surface area (TPSA) is 23.5 Å². The summed E-state index contributed by atoms with van der Waals surface area (Å²) in [5.74, 6) is -1.39. The Kier molecular flexibility index (Phi) is 4.83. The Hall–Kier alpha value is -1.00. The monoisotopic (exact) mass is 229 g/mol. The molecule has 0 aromatic heterocycles. The highest BCUT2D eigenvalue weighted by atomic mass is 19.1. The first kappa shape index (κ1) is 13.1. The summed E-state index contributed by atoms with van der Waals surface area (Å²) in [4.78, 5) is 1.91. The van der Waals surface area contributed by atoms with E-state index in [2.05, 4.69) is 0 Å². The molecule has 1 aromatic carbocycles. The molecule has 0 saturated carbocycles. The maximum atomic E-state index is 13.3. The molecule has 1 unspecified atom stereocenters. The van der Waals surface area contributed by atoms with Crippen LogP contribution >= 0.6 is 0 Å². The maximum absolute atomic E-state index is 13.3. The van der Waals surface area contributed by atoms with Gasteiger partial charge < -0.3 is 10.0 Å². The lowest BCUT2D eigenvalue weighted by Gasteiger charge is -2.22. The number of hydrogen-bond acceptors (Lipinski definition) is 2. The molecular weight excluding hydrogens is 212 g/mol. The molecule has 0 aliphatic rings. The minimum Gasteiger partial charge on any atom is -0.387 e. The average Bonchev–Trinajstić information content (AvgIpc) is 2.25. The van der Waals surface area contributed by atoms with Crippen LogP contribution in [0.1, 0.15) is 25.5 Å². The highest BCUT2D eigenvalue weighted by Crippen LogP contribution is 2.21. The molecule has 1 N–H and O–H groups in total. The summed E-state index contributed by atoms with van der Waals surface area (Å²) in [5.41, 5.74) is -0.241. The van der Waals surface area contributed by atoms with Crippen molar-refractivity contribution in [3.05, 3.63) is 35.4 Å². The van der Waals surface area contributed by atoms with Gasteiger partial charge >= 0.3 is 0 Å². The van der Waals surface area contributed by atoms with Gasteiger partial charge in [-0.1, -0.05) is 19.9 Å². The van der Waals surface area contributed by atoms with Crippen molar-refractivity contribution in [2.24, 2.45) is 0 Å². The highest BCUT2D eigenvalue weighted by molar-refractivity contribution is 5.22. The number of hydrogen-bond donors (Lipinski definition) is 1. The molecule has 0 bridgehead atoms. The molecule has 1 aromatic rings. The lowest BCUT2D eigenvalue weighted by molar-refractivity contribution is 0.112. The van der Waals surface area contributed by atoms with Crippen LogP contribution in [-0.4, -0.2) is 29.6 Å². The first-order valence-electron chi connectivity index (χ1n) is 5.44. The Morgan fingerprint density at radius 2 is 1.69 bits per heavy atom. The van der Waals surface area contributed by atoms with Crippen molar-refractivity contribution < 1.29 is 13.9 Å². The fourth-order valence-corrected chi connectivity index (χ4v) is 1.65. The van der Waals surface area contributed by atoms with E-state index in [0.717, 1.165) is 25.2 Å². The number of nitrogens with zero attached hydrogens (tertiary/aromatic N) is 1. The second-order valence-corrected chi connectivity index (χ2v) is 3.64. The molecular formula is C12H17F2NO. The molecule has 0 amide bonds. The summed E-state index contributed by atoms with van der Waals surface area (Å²) in [6.45, 7) is 5.60. The van der Waals surface area contributed by atoms with Crippen molar-refractivity contribution in [1.82, 2.24) is 4.90 Å². The quantitative estimate of drug-likeness (QED) is 0.837. The van der Waals surface area contributed by atoms with Gasteiger partial charge in [0.25, 0.3) is 0 Å². The molecule has 0 aliphatic heterocycles. The largest absolute Gasteiger partial charge is 0.387 e. The molecule has 0 aliphatic carbocycles. The van der Waals surface area contributed by atoms with Crippen LogP contribution in [0, 0.1) is 11.6 Å². The van der Waals surface area contributed by atoms with Gasteiger partial charge in [-0.25, -0.2) is 8.78 Å². The van der Waals surface area contributed by atoms with E-state index in [4.69, 9.17) is 0 Å². The average molecular weight is 229 g/mol. The molecule has 2 nitrogen and oxygen atoms in total. The van der Waals surface area contributed by atoms with E-state index in [-0.39, 0.29) is 12.1 Å². The van der Waals surface area contributed by atoms with Crippen LogP contribution in [0.2, 0.25) is 0 Å². The zero-order valence-electron chi connectivity index (χ0n) is 9.58. The van der Waals surface area contributed by atoms with Crippen molar-refractivity contribution >= 4 is 0 Å². The van der Waals surface area contributed by atoms with E-state index < -0.39 is 17.7 Å². The van der Waals surface area contributed by atoms with Crippen LogP contribution in [0.15, 0.2) is 18.2 Å².